The summed E-state index contributed by atoms with van der Waals surface area (Å²) in [5.74, 6) is -0.258. The number of rotatable bonds is 3. The van der Waals surface area contributed by atoms with E-state index in [4.69, 9.17) is 5.73 Å². The summed E-state index contributed by atoms with van der Waals surface area (Å²) in [7, 11) is 0. The van der Waals surface area contributed by atoms with Gasteiger partial charge in [0, 0.05) is 24.4 Å². The fourth-order valence-corrected chi connectivity index (χ4v) is 1.67. The van der Waals surface area contributed by atoms with E-state index in [9.17, 15) is 4.39 Å². The molecule has 2 N–H and O–H groups in total. The van der Waals surface area contributed by atoms with E-state index < -0.39 is 0 Å². The Morgan fingerprint density at radius 2 is 2.19 bits per heavy atom. The number of nitrogens with zero attached hydrogens (tertiary/aromatic N) is 2. The largest absolute Gasteiger partial charge is 0.328 e. The van der Waals surface area contributed by atoms with Gasteiger partial charge in [-0.1, -0.05) is 12.1 Å². The quantitative estimate of drug-likeness (QED) is 0.856. The van der Waals surface area contributed by atoms with Crippen LogP contribution < -0.4 is 5.73 Å². The van der Waals surface area contributed by atoms with Crippen LogP contribution in [0.4, 0.5) is 4.39 Å². The van der Waals surface area contributed by atoms with E-state index in [-0.39, 0.29) is 11.9 Å². The Hall–Kier alpha value is -1.68. The van der Waals surface area contributed by atoms with Crippen molar-refractivity contribution in [2.24, 2.45) is 5.73 Å². The van der Waals surface area contributed by atoms with Gasteiger partial charge in [0.2, 0.25) is 0 Å². The third kappa shape index (κ3) is 2.12. The maximum absolute atomic E-state index is 13.6. The van der Waals surface area contributed by atoms with Gasteiger partial charge in [0.15, 0.2) is 0 Å². The molecule has 0 spiro atoms. The molecule has 1 aromatic carbocycles. The van der Waals surface area contributed by atoms with Crippen molar-refractivity contribution < 1.29 is 4.39 Å². The van der Waals surface area contributed by atoms with Crippen molar-refractivity contribution in [1.29, 1.82) is 0 Å². The van der Waals surface area contributed by atoms with Crippen LogP contribution in [0.3, 0.4) is 0 Å². The third-order valence-electron chi connectivity index (χ3n) is 2.36. The van der Waals surface area contributed by atoms with E-state index >= 15 is 0 Å². The Bertz CT molecular complexity index is 477. The van der Waals surface area contributed by atoms with Gasteiger partial charge in [-0.15, -0.1) is 0 Å². The van der Waals surface area contributed by atoms with Crippen molar-refractivity contribution in [3.05, 3.63) is 48.3 Å². The van der Waals surface area contributed by atoms with Gasteiger partial charge in [0.25, 0.3) is 0 Å². The average Bonchev–Trinajstić information content (AvgIpc) is 2.66. The highest BCUT2D eigenvalue weighted by atomic mass is 19.1. The minimum absolute atomic E-state index is 0.0298. The van der Waals surface area contributed by atoms with Crippen LogP contribution in [0.2, 0.25) is 0 Å². The Kier molecular flexibility index (Phi) is 3.01. The van der Waals surface area contributed by atoms with Crippen LogP contribution in [0.1, 0.15) is 12.6 Å². The second-order valence-corrected chi connectivity index (χ2v) is 3.89. The molecule has 1 unspecified atom stereocenters. The molecule has 0 bridgehead atoms. The summed E-state index contributed by atoms with van der Waals surface area (Å²) >= 11 is 0. The number of hydrogen-bond donors (Lipinski definition) is 1. The zero-order valence-electron chi connectivity index (χ0n) is 9.10. The smallest absolute Gasteiger partial charge is 0.147 e. The molecule has 0 aliphatic heterocycles. The molecule has 3 nitrogen and oxygen atoms in total. The zero-order chi connectivity index (χ0) is 11.5. The standard InChI is InChI=1S/C12H14FN3/c1-9(14)6-10-7-15-8-16(10)12-5-3-2-4-11(12)13/h2-5,7-9H,6,14H2,1H3. The number of nitrogens with two attached hydrogens (primary N) is 1. The molecule has 1 aromatic heterocycles. The van der Waals surface area contributed by atoms with Crippen molar-refractivity contribution in [3.8, 4) is 5.69 Å². The number of imidazole rings is 1. The topological polar surface area (TPSA) is 43.8 Å². The van der Waals surface area contributed by atoms with E-state index in [0.717, 1.165) is 5.69 Å². The summed E-state index contributed by atoms with van der Waals surface area (Å²) < 4.78 is 15.3. The lowest BCUT2D eigenvalue weighted by Crippen LogP contribution is -2.19. The number of benzene rings is 1. The average molecular weight is 219 g/mol. The first-order valence-corrected chi connectivity index (χ1v) is 5.20. The third-order valence-corrected chi connectivity index (χ3v) is 2.36. The molecule has 84 valence electrons. The SMILES string of the molecule is CC(N)Cc1cncn1-c1ccccc1F. The first kappa shape index (κ1) is 10.8. The normalized spacial score (nSPS) is 12.7. The number of aromatic nitrogens is 2. The zero-order valence-corrected chi connectivity index (χ0v) is 9.10. The van der Waals surface area contributed by atoms with Gasteiger partial charge >= 0.3 is 0 Å². The summed E-state index contributed by atoms with van der Waals surface area (Å²) in [6.45, 7) is 1.92. The lowest BCUT2D eigenvalue weighted by Gasteiger charge is -2.10. The van der Waals surface area contributed by atoms with Crippen LogP contribution in [0, 0.1) is 5.82 Å². The fourth-order valence-electron chi connectivity index (χ4n) is 1.67. The van der Waals surface area contributed by atoms with Crippen LogP contribution in [0.15, 0.2) is 36.8 Å². The summed E-state index contributed by atoms with van der Waals surface area (Å²) in [6, 6.07) is 6.66. The summed E-state index contributed by atoms with van der Waals surface area (Å²) in [5.41, 5.74) is 7.16. The molecule has 2 aromatic rings. The van der Waals surface area contributed by atoms with E-state index in [0.29, 0.717) is 12.1 Å². The van der Waals surface area contributed by atoms with Crippen LogP contribution in [-0.4, -0.2) is 15.6 Å². The first-order valence-electron chi connectivity index (χ1n) is 5.20. The Balaban J connectivity index is 2.41. The first-order chi connectivity index (χ1) is 7.68. The summed E-state index contributed by atoms with van der Waals surface area (Å²) in [6.07, 6.45) is 4.00. The molecule has 0 fully saturated rings. The predicted octanol–water partition coefficient (Wildman–Crippen LogP) is 1.90. The van der Waals surface area contributed by atoms with E-state index in [1.165, 1.54) is 6.07 Å². The molecule has 2 rings (SSSR count). The molecule has 0 amide bonds. The minimum atomic E-state index is -0.258. The molecule has 0 saturated heterocycles. The lowest BCUT2D eigenvalue weighted by atomic mass is 10.2. The highest BCUT2D eigenvalue weighted by Crippen LogP contribution is 2.15. The minimum Gasteiger partial charge on any atom is -0.328 e. The maximum Gasteiger partial charge on any atom is 0.147 e. The summed E-state index contributed by atoms with van der Waals surface area (Å²) in [4.78, 5) is 4.03. The van der Waals surface area contributed by atoms with Crippen LogP contribution in [0.5, 0.6) is 0 Å². The van der Waals surface area contributed by atoms with Gasteiger partial charge in [0.1, 0.15) is 5.82 Å². The highest BCUT2D eigenvalue weighted by Gasteiger charge is 2.09. The molecular formula is C12H14FN3. The van der Waals surface area contributed by atoms with Crippen molar-refractivity contribution >= 4 is 0 Å². The monoisotopic (exact) mass is 219 g/mol. The Morgan fingerprint density at radius 3 is 2.88 bits per heavy atom. The van der Waals surface area contributed by atoms with Crippen molar-refractivity contribution in [3.63, 3.8) is 0 Å². The predicted molar refractivity (Wildman–Crippen MR) is 60.9 cm³/mol. The van der Waals surface area contributed by atoms with Crippen molar-refractivity contribution in [1.82, 2.24) is 9.55 Å². The van der Waals surface area contributed by atoms with Gasteiger partial charge in [-0.05, 0) is 19.1 Å². The van der Waals surface area contributed by atoms with E-state index in [1.54, 1.807) is 35.3 Å². The fraction of sp³-hybridized carbons (Fsp3) is 0.250. The second kappa shape index (κ2) is 4.45. The number of para-hydroxylation sites is 1. The van der Waals surface area contributed by atoms with Crippen LogP contribution in [0.25, 0.3) is 5.69 Å². The highest BCUT2D eigenvalue weighted by molar-refractivity contribution is 5.35. The van der Waals surface area contributed by atoms with Gasteiger partial charge < -0.3 is 10.3 Å². The van der Waals surface area contributed by atoms with Gasteiger partial charge in [0.05, 0.1) is 12.0 Å². The van der Waals surface area contributed by atoms with E-state index in [2.05, 4.69) is 4.98 Å². The van der Waals surface area contributed by atoms with Gasteiger partial charge in [-0.3, -0.25) is 0 Å². The molecule has 0 aliphatic carbocycles. The van der Waals surface area contributed by atoms with E-state index in [1.807, 2.05) is 6.92 Å². The van der Waals surface area contributed by atoms with Crippen molar-refractivity contribution in [2.75, 3.05) is 0 Å². The molecule has 16 heavy (non-hydrogen) atoms. The molecular weight excluding hydrogens is 205 g/mol. The number of halogens is 1. The molecule has 0 radical (unpaired) electrons. The van der Waals surface area contributed by atoms with Gasteiger partial charge in [-0.25, -0.2) is 9.37 Å². The van der Waals surface area contributed by atoms with Crippen LogP contribution in [-0.2, 0) is 6.42 Å². The molecule has 1 atom stereocenters. The molecule has 1 heterocycles. The summed E-state index contributed by atoms with van der Waals surface area (Å²) in [5, 5.41) is 0. The molecule has 0 aliphatic rings. The number of hydrogen-bond acceptors (Lipinski definition) is 2. The molecule has 4 heteroatoms. The Morgan fingerprint density at radius 1 is 1.44 bits per heavy atom. The van der Waals surface area contributed by atoms with Crippen LogP contribution >= 0.6 is 0 Å². The molecule has 0 saturated carbocycles. The second-order valence-electron chi connectivity index (χ2n) is 3.89. The lowest BCUT2D eigenvalue weighted by molar-refractivity contribution is 0.612. The van der Waals surface area contributed by atoms with Crippen molar-refractivity contribution in [2.45, 2.75) is 19.4 Å². The van der Waals surface area contributed by atoms with Gasteiger partial charge in [-0.2, -0.15) is 0 Å². The Labute approximate surface area is 93.7 Å². The maximum atomic E-state index is 13.6.